The molecular formula is C12H20N4OS. The lowest BCUT2D eigenvalue weighted by Crippen LogP contribution is -2.47. The highest BCUT2D eigenvalue weighted by Crippen LogP contribution is 2.47. The van der Waals surface area contributed by atoms with E-state index in [0.29, 0.717) is 16.7 Å². The van der Waals surface area contributed by atoms with Crippen LogP contribution in [0.15, 0.2) is 0 Å². The Hall–Kier alpha value is -0.880. The summed E-state index contributed by atoms with van der Waals surface area (Å²) in [5.74, 6) is 0. The van der Waals surface area contributed by atoms with Crippen LogP contribution in [0.5, 0.6) is 0 Å². The van der Waals surface area contributed by atoms with Gasteiger partial charge in [0, 0.05) is 25.6 Å². The van der Waals surface area contributed by atoms with Gasteiger partial charge in [-0.25, -0.2) is 0 Å². The lowest BCUT2D eigenvalue weighted by molar-refractivity contribution is 0.00225. The number of nitrogen functional groups attached to an aromatic ring is 1. The number of nitrogens with zero attached hydrogens (tertiary/aromatic N) is 3. The molecular weight excluding hydrogens is 248 g/mol. The number of piperidine rings is 1. The first kappa shape index (κ1) is 12.2. The standard InChI is InChI=1S/C12H20N4OS/c1-17-9-4-2-5-12(9)6-3-7-16(8-12)11-15-14-10(13)18-11/h9H,2-8H2,1H3,(H2,13,14)/t9-,12-/m1/s1. The van der Waals surface area contributed by atoms with Gasteiger partial charge in [-0.2, -0.15) is 0 Å². The Bertz CT molecular complexity index is 424. The van der Waals surface area contributed by atoms with Crippen molar-refractivity contribution in [2.75, 3.05) is 30.8 Å². The summed E-state index contributed by atoms with van der Waals surface area (Å²) in [6.45, 7) is 2.10. The van der Waals surface area contributed by atoms with Crippen LogP contribution in [0.3, 0.4) is 0 Å². The number of nitrogens with two attached hydrogens (primary N) is 1. The molecule has 1 aliphatic carbocycles. The molecule has 5 nitrogen and oxygen atoms in total. The molecule has 3 rings (SSSR count). The third-order valence-electron chi connectivity index (χ3n) is 4.42. The number of methoxy groups -OCH3 is 1. The molecule has 0 unspecified atom stereocenters. The number of aromatic nitrogens is 2. The molecule has 0 aromatic carbocycles. The molecule has 2 fully saturated rings. The minimum absolute atomic E-state index is 0.327. The maximum Gasteiger partial charge on any atom is 0.210 e. The van der Waals surface area contributed by atoms with Crippen molar-refractivity contribution < 1.29 is 4.74 Å². The molecule has 2 heterocycles. The average Bonchev–Trinajstić information content (AvgIpc) is 2.96. The van der Waals surface area contributed by atoms with E-state index in [1.807, 2.05) is 7.11 Å². The molecule has 1 spiro atoms. The fourth-order valence-electron chi connectivity index (χ4n) is 3.62. The monoisotopic (exact) mass is 268 g/mol. The number of hydrogen-bond acceptors (Lipinski definition) is 6. The summed E-state index contributed by atoms with van der Waals surface area (Å²) >= 11 is 1.49. The second kappa shape index (κ2) is 4.66. The highest BCUT2D eigenvalue weighted by molar-refractivity contribution is 7.18. The third-order valence-corrected chi connectivity index (χ3v) is 5.23. The first-order valence-corrected chi connectivity index (χ1v) is 7.42. The fraction of sp³-hybridized carbons (Fsp3) is 0.833. The van der Waals surface area contributed by atoms with Crippen molar-refractivity contribution in [2.24, 2.45) is 5.41 Å². The van der Waals surface area contributed by atoms with Crippen LogP contribution >= 0.6 is 11.3 Å². The van der Waals surface area contributed by atoms with Gasteiger partial charge in [-0.15, -0.1) is 10.2 Å². The molecule has 2 atom stereocenters. The minimum atomic E-state index is 0.327. The first-order valence-electron chi connectivity index (χ1n) is 6.60. The van der Waals surface area contributed by atoms with Crippen molar-refractivity contribution in [1.29, 1.82) is 0 Å². The molecule has 1 aromatic heterocycles. The van der Waals surface area contributed by atoms with Gasteiger partial charge in [-0.1, -0.05) is 17.8 Å². The summed E-state index contributed by atoms with van der Waals surface area (Å²) in [6.07, 6.45) is 6.64. The molecule has 1 saturated heterocycles. The maximum absolute atomic E-state index is 5.71. The maximum atomic E-state index is 5.71. The van der Waals surface area contributed by atoms with Gasteiger partial charge < -0.3 is 15.4 Å². The van der Waals surface area contributed by atoms with Gasteiger partial charge in [0.15, 0.2) is 0 Å². The molecule has 1 saturated carbocycles. The number of rotatable bonds is 2. The molecule has 1 aliphatic heterocycles. The van der Waals surface area contributed by atoms with Gasteiger partial charge >= 0.3 is 0 Å². The van der Waals surface area contributed by atoms with Crippen molar-refractivity contribution in [1.82, 2.24) is 10.2 Å². The van der Waals surface area contributed by atoms with E-state index in [9.17, 15) is 0 Å². The van der Waals surface area contributed by atoms with Crippen LogP contribution in [0.25, 0.3) is 0 Å². The highest BCUT2D eigenvalue weighted by atomic mass is 32.1. The zero-order chi connectivity index (χ0) is 12.6. The Balaban J connectivity index is 1.79. The van der Waals surface area contributed by atoms with Crippen LogP contribution in [0, 0.1) is 5.41 Å². The zero-order valence-corrected chi connectivity index (χ0v) is 11.6. The first-order chi connectivity index (χ1) is 8.73. The summed E-state index contributed by atoms with van der Waals surface area (Å²) < 4.78 is 5.71. The van der Waals surface area contributed by atoms with E-state index >= 15 is 0 Å². The summed E-state index contributed by atoms with van der Waals surface area (Å²) in [6, 6.07) is 0. The Morgan fingerprint density at radius 3 is 2.94 bits per heavy atom. The molecule has 0 amide bonds. The molecule has 18 heavy (non-hydrogen) atoms. The van der Waals surface area contributed by atoms with Crippen molar-refractivity contribution in [2.45, 2.75) is 38.2 Å². The lowest BCUT2D eigenvalue weighted by atomic mass is 9.77. The van der Waals surface area contributed by atoms with Gasteiger partial charge in [0.1, 0.15) is 0 Å². The normalized spacial score (nSPS) is 32.3. The van der Waals surface area contributed by atoms with Crippen LogP contribution in [0.2, 0.25) is 0 Å². The summed E-state index contributed by atoms with van der Waals surface area (Å²) in [4.78, 5) is 2.34. The number of anilines is 2. The van der Waals surface area contributed by atoms with Gasteiger partial charge in [-0.05, 0) is 25.7 Å². The quantitative estimate of drug-likeness (QED) is 0.887. The van der Waals surface area contributed by atoms with E-state index in [2.05, 4.69) is 15.1 Å². The number of hydrogen-bond donors (Lipinski definition) is 1. The summed E-state index contributed by atoms with van der Waals surface area (Å²) in [5.41, 5.74) is 6.00. The van der Waals surface area contributed by atoms with E-state index in [-0.39, 0.29) is 0 Å². The largest absolute Gasteiger partial charge is 0.381 e. The van der Waals surface area contributed by atoms with E-state index in [1.165, 1.54) is 43.4 Å². The van der Waals surface area contributed by atoms with E-state index < -0.39 is 0 Å². The van der Waals surface area contributed by atoms with Crippen molar-refractivity contribution in [3.05, 3.63) is 0 Å². The van der Waals surface area contributed by atoms with Crippen molar-refractivity contribution in [3.63, 3.8) is 0 Å². The Morgan fingerprint density at radius 2 is 2.22 bits per heavy atom. The Labute approximate surface area is 111 Å². The van der Waals surface area contributed by atoms with Gasteiger partial charge in [-0.3, -0.25) is 0 Å². The molecule has 0 bridgehead atoms. The van der Waals surface area contributed by atoms with Gasteiger partial charge in [0.2, 0.25) is 10.3 Å². The van der Waals surface area contributed by atoms with Crippen LogP contribution in [-0.4, -0.2) is 36.5 Å². The molecule has 0 radical (unpaired) electrons. The molecule has 6 heteroatoms. The molecule has 2 N–H and O–H groups in total. The summed E-state index contributed by atoms with van der Waals surface area (Å²) in [5, 5.41) is 9.61. The molecule has 2 aliphatic rings. The third kappa shape index (κ3) is 1.97. The zero-order valence-electron chi connectivity index (χ0n) is 10.8. The van der Waals surface area contributed by atoms with Gasteiger partial charge in [0.05, 0.1) is 6.10 Å². The van der Waals surface area contributed by atoms with E-state index in [1.54, 1.807) is 0 Å². The van der Waals surface area contributed by atoms with Crippen molar-refractivity contribution >= 4 is 21.6 Å². The van der Waals surface area contributed by atoms with Crippen molar-refractivity contribution in [3.8, 4) is 0 Å². The Morgan fingerprint density at radius 1 is 1.39 bits per heavy atom. The smallest absolute Gasteiger partial charge is 0.210 e. The highest BCUT2D eigenvalue weighted by Gasteiger charge is 2.46. The van der Waals surface area contributed by atoms with E-state index in [4.69, 9.17) is 10.5 Å². The topological polar surface area (TPSA) is 64.3 Å². The Kier molecular flexibility index (Phi) is 3.15. The second-order valence-electron chi connectivity index (χ2n) is 5.43. The van der Waals surface area contributed by atoms with E-state index in [0.717, 1.165) is 18.2 Å². The summed E-state index contributed by atoms with van der Waals surface area (Å²) in [7, 11) is 1.85. The predicted molar refractivity (Wildman–Crippen MR) is 72.8 cm³/mol. The van der Waals surface area contributed by atoms with Gasteiger partial charge in [0.25, 0.3) is 0 Å². The SMILES string of the molecule is CO[C@@H]1CCC[C@]12CCCN(c1nnc(N)s1)C2. The average molecular weight is 268 g/mol. The van der Waals surface area contributed by atoms with Crippen LogP contribution in [0.1, 0.15) is 32.1 Å². The predicted octanol–water partition coefficient (Wildman–Crippen LogP) is 1.91. The second-order valence-corrected chi connectivity index (χ2v) is 6.41. The molecule has 1 aromatic rings. The van der Waals surface area contributed by atoms with Crippen LogP contribution in [0.4, 0.5) is 10.3 Å². The minimum Gasteiger partial charge on any atom is -0.381 e. The fourth-order valence-corrected chi connectivity index (χ4v) is 4.25. The lowest BCUT2D eigenvalue weighted by Gasteiger charge is -2.43. The van der Waals surface area contributed by atoms with Crippen LogP contribution in [-0.2, 0) is 4.74 Å². The molecule has 100 valence electrons. The van der Waals surface area contributed by atoms with Crippen LogP contribution < -0.4 is 10.6 Å². The number of ether oxygens (including phenoxy) is 1.